The van der Waals surface area contributed by atoms with Crippen LogP contribution in [0, 0.1) is 12.8 Å². The van der Waals surface area contributed by atoms with Crippen molar-refractivity contribution in [2.75, 3.05) is 6.61 Å². The van der Waals surface area contributed by atoms with Crippen molar-refractivity contribution in [3.63, 3.8) is 0 Å². The summed E-state index contributed by atoms with van der Waals surface area (Å²) in [6.07, 6.45) is 5.28. The molecule has 0 rings (SSSR count). The molecule has 0 aromatic heterocycles. The maximum atomic E-state index is 5.61. The van der Waals surface area contributed by atoms with Crippen LogP contribution in [-0.4, -0.2) is 16.4 Å². The van der Waals surface area contributed by atoms with Gasteiger partial charge in [0.2, 0.25) is 0 Å². The van der Waals surface area contributed by atoms with Crippen LogP contribution in [-0.2, 0) is 4.43 Å². The van der Waals surface area contributed by atoms with Crippen molar-refractivity contribution in [3.8, 4) is 0 Å². The fourth-order valence-electron chi connectivity index (χ4n) is 1.25. The first-order valence-corrected chi connectivity index (χ1v) is 6.79. The van der Waals surface area contributed by atoms with E-state index in [1.165, 1.54) is 25.7 Å². The predicted octanol–water partition coefficient (Wildman–Crippen LogP) is 2.56. The zero-order valence-electron chi connectivity index (χ0n) is 8.64. The molecule has 1 nitrogen and oxygen atoms in total. The lowest BCUT2D eigenvalue weighted by Crippen LogP contribution is -2.10. The molecule has 0 spiro atoms. The van der Waals surface area contributed by atoms with Crippen molar-refractivity contribution >= 4 is 9.76 Å². The fourth-order valence-corrected chi connectivity index (χ4v) is 1.95. The van der Waals surface area contributed by atoms with E-state index in [1.807, 2.05) is 0 Å². The first kappa shape index (κ1) is 12.2. The Balaban J connectivity index is 3.26. The third-order valence-electron chi connectivity index (χ3n) is 2.19. The molecule has 0 heterocycles. The molecule has 0 saturated carbocycles. The van der Waals surface area contributed by atoms with Gasteiger partial charge in [0.05, 0.1) is 0 Å². The molecule has 0 aromatic carbocycles. The van der Waals surface area contributed by atoms with Gasteiger partial charge in [0.1, 0.15) is 0 Å². The van der Waals surface area contributed by atoms with Gasteiger partial charge in [0.25, 0.3) is 0 Å². The monoisotopic (exact) mass is 187 g/mol. The maximum Gasteiger partial charge on any atom is 0.161 e. The summed E-state index contributed by atoms with van der Waals surface area (Å²) in [5, 5.41) is 0. The van der Waals surface area contributed by atoms with E-state index in [2.05, 4.69) is 20.8 Å². The first-order chi connectivity index (χ1) is 5.85. The van der Waals surface area contributed by atoms with Crippen LogP contribution in [0.25, 0.3) is 0 Å². The molecule has 1 unspecified atom stereocenters. The van der Waals surface area contributed by atoms with Gasteiger partial charge in [-0.25, -0.2) is 0 Å². The molecule has 0 saturated heterocycles. The molecule has 1 radical (unpaired) electrons. The molecule has 0 aliphatic heterocycles. The first-order valence-electron chi connectivity index (χ1n) is 5.22. The van der Waals surface area contributed by atoms with Gasteiger partial charge in [-0.05, 0) is 18.4 Å². The van der Waals surface area contributed by atoms with Crippen LogP contribution >= 0.6 is 0 Å². The summed E-state index contributed by atoms with van der Waals surface area (Å²) in [5.74, 6) is 0.809. The Bertz CT molecular complexity index is 85.9. The van der Waals surface area contributed by atoms with Crippen LogP contribution in [0.5, 0.6) is 0 Å². The predicted molar refractivity (Wildman–Crippen MR) is 58.0 cm³/mol. The lowest BCUT2D eigenvalue weighted by Gasteiger charge is -2.14. The average molecular weight is 187 g/mol. The molecule has 0 fully saturated rings. The Morgan fingerprint density at radius 2 is 2.17 bits per heavy atom. The highest BCUT2D eigenvalue weighted by Crippen LogP contribution is 2.12. The quantitative estimate of drug-likeness (QED) is 0.419. The van der Waals surface area contributed by atoms with Gasteiger partial charge in [-0.1, -0.05) is 40.0 Å². The second-order valence-corrected chi connectivity index (χ2v) is 4.87. The Morgan fingerprint density at radius 1 is 1.42 bits per heavy atom. The lowest BCUT2D eigenvalue weighted by molar-refractivity contribution is 0.243. The molecule has 12 heavy (non-hydrogen) atoms. The van der Waals surface area contributed by atoms with Gasteiger partial charge in [-0.2, -0.15) is 0 Å². The second kappa shape index (κ2) is 9.27. The van der Waals surface area contributed by atoms with E-state index in [1.54, 1.807) is 0 Å². The topological polar surface area (TPSA) is 9.23 Å². The minimum atomic E-state index is -0.265. The number of rotatable bonds is 8. The maximum absolute atomic E-state index is 5.61. The summed E-state index contributed by atoms with van der Waals surface area (Å²) in [5.41, 5.74) is 0. The van der Waals surface area contributed by atoms with Gasteiger partial charge in [-0.3, -0.25) is 0 Å². The normalized spacial score (nSPS) is 14.2. The minimum Gasteiger partial charge on any atom is -0.424 e. The molecule has 0 aliphatic rings. The zero-order valence-corrected chi connectivity index (χ0v) is 10.1. The molecule has 2 heteroatoms. The van der Waals surface area contributed by atoms with Crippen LogP contribution < -0.4 is 0 Å². The van der Waals surface area contributed by atoms with E-state index in [-0.39, 0.29) is 9.76 Å². The van der Waals surface area contributed by atoms with Gasteiger partial charge in [-0.15, -0.1) is 0 Å². The smallest absolute Gasteiger partial charge is 0.161 e. The fraction of sp³-hybridized carbons (Fsp3) is 0.900. The number of hydrogen-bond acceptors (Lipinski definition) is 1. The molecule has 0 bridgehead atoms. The third-order valence-corrected chi connectivity index (χ3v) is 3.00. The Labute approximate surface area is 79.8 Å². The largest absolute Gasteiger partial charge is 0.424 e. The van der Waals surface area contributed by atoms with Crippen LogP contribution in [0.2, 0.25) is 6.04 Å². The van der Waals surface area contributed by atoms with Crippen LogP contribution in [0.15, 0.2) is 0 Å². The van der Waals surface area contributed by atoms with Gasteiger partial charge < -0.3 is 4.43 Å². The van der Waals surface area contributed by atoms with E-state index < -0.39 is 0 Å². The molecular weight excluding hydrogens is 164 g/mol. The average Bonchev–Trinajstić information content (AvgIpc) is 2.11. The second-order valence-electron chi connectivity index (χ2n) is 3.34. The van der Waals surface area contributed by atoms with Gasteiger partial charge in [0.15, 0.2) is 9.76 Å². The van der Waals surface area contributed by atoms with E-state index in [4.69, 9.17) is 4.43 Å². The van der Waals surface area contributed by atoms with Crippen molar-refractivity contribution in [3.05, 3.63) is 6.92 Å². The molecule has 1 atom stereocenters. The van der Waals surface area contributed by atoms with E-state index in [0.29, 0.717) is 0 Å². The van der Waals surface area contributed by atoms with Crippen LogP contribution in [0.1, 0.15) is 39.5 Å². The van der Waals surface area contributed by atoms with E-state index >= 15 is 0 Å². The number of unbranched alkanes of at least 4 members (excludes halogenated alkanes) is 1. The molecule has 0 aliphatic carbocycles. The van der Waals surface area contributed by atoms with Gasteiger partial charge >= 0.3 is 0 Å². The summed E-state index contributed by atoms with van der Waals surface area (Å²) < 4.78 is 5.61. The Kier molecular flexibility index (Phi) is 9.40. The number of hydrogen-bond donors (Lipinski definition) is 0. The highest BCUT2D eigenvalue weighted by atomic mass is 28.2. The third kappa shape index (κ3) is 6.86. The van der Waals surface area contributed by atoms with Crippen molar-refractivity contribution in [2.24, 2.45) is 5.92 Å². The summed E-state index contributed by atoms with van der Waals surface area (Å²) in [6.45, 7) is 9.31. The van der Waals surface area contributed by atoms with Gasteiger partial charge in [0, 0.05) is 6.61 Å². The SMILES string of the molecule is [CH2]C[SiH2]OCC(CC)CCCC. The van der Waals surface area contributed by atoms with Crippen LogP contribution in [0.4, 0.5) is 0 Å². The van der Waals surface area contributed by atoms with Crippen molar-refractivity contribution < 1.29 is 4.43 Å². The van der Waals surface area contributed by atoms with E-state index in [0.717, 1.165) is 18.6 Å². The summed E-state index contributed by atoms with van der Waals surface area (Å²) in [4.78, 5) is 0. The Hall–Kier alpha value is 0.177. The Morgan fingerprint density at radius 3 is 2.67 bits per heavy atom. The van der Waals surface area contributed by atoms with E-state index in [9.17, 15) is 0 Å². The molecule has 0 N–H and O–H groups in total. The molecular formula is C10H23OSi. The standard InChI is InChI=1S/C10H23OSi/c1-4-7-8-10(5-2)9-11-12-6-3/h10H,3-9,12H2,1-2H3. The minimum absolute atomic E-state index is 0.265. The lowest BCUT2D eigenvalue weighted by atomic mass is 10.0. The van der Waals surface area contributed by atoms with Crippen molar-refractivity contribution in [1.82, 2.24) is 0 Å². The van der Waals surface area contributed by atoms with Crippen LogP contribution in [0.3, 0.4) is 0 Å². The molecule has 0 aromatic rings. The molecule has 0 amide bonds. The highest BCUT2D eigenvalue weighted by Gasteiger charge is 2.04. The molecule has 73 valence electrons. The summed E-state index contributed by atoms with van der Waals surface area (Å²) in [6, 6.07) is 1.03. The van der Waals surface area contributed by atoms with Crippen molar-refractivity contribution in [1.29, 1.82) is 0 Å². The zero-order chi connectivity index (χ0) is 9.23. The summed E-state index contributed by atoms with van der Waals surface area (Å²) >= 11 is 0. The highest BCUT2D eigenvalue weighted by molar-refractivity contribution is 6.27. The summed E-state index contributed by atoms with van der Waals surface area (Å²) in [7, 11) is -0.265. The van der Waals surface area contributed by atoms with Crippen molar-refractivity contribution in [2.45, 2.75) is 45.6 Å².